The minimum Gasteiger partial charge on any atom is -0.549 e. The van der Waals surface area contributed by atoms with Crippen LogP contribution in [0.15, 0.2) is 18.2 Å². The Bertz CT molecular complexity index is 1180. The Labute approximate surface area is 189 Å². The first kappa shape index (κ1) is 23.2. The number of rotatable bonds is 9. The molecule has 12 heteroatoms. The zero-order valence-corrected chi connectivity index (χ0v) is 18.6. The van der Waals surface area contributed by atoms with Crippen LogP contribution in [0.1, 0.15) is 35.7 Å². The standard InChI is InChI=1S/C20H25ClN8O3/c1-3-28-12-6-5-11(8-24-10-15(30)31)7-13(12)29(4-2)14(28)9-25-20(32)16-18(22)27-19(23)17(21)26-16/h5-7,24H,3-4,8-10H2,1-2H3,(H5-,22,23,25,27,30,31,32). The van der Waals surface area contributed by atoms with E-state index in [2.05, 4.69) is 29.7 Å². The summed E-state index contributed by atoms with van der Waals surface area (Å²) in [5, 5.41) is 16.2. The van der Waals surface area contributed by atoms with E-state index in [1.54, 1.807) is 0 Å². The van der Waals surface area contributed by atoms with Crippen LogP contribution < -0.4 is 31.8 Å². The number of nitrogen functional groups attached to an aromatic ring is 2. The van der Waals surface area contributed by atoms with Crippen molar-refractivity contribution in [2.45, 2.75) is 40.0 Å². The van der Waals surface area contributed by atoms with Crippen LogP contribution in [0.3, 0.4) is 0 Å². The van der Waals surface area contributed by atoms with Crippen LogP contribution >= 0.6 is 11.6 Å². The third kappa shape index (κ3) is 4.73. The molecular formula is C20H25ClN8O3. The van der Waals surface area contributed by atoms with E-state index in [-0.39, 0.29) is 35.6 Å². The van der Waals surface area contributed by atoms with E-state index in [4.69, 9.17) is 23.1 Å². The number of fused-ring (bicyclic) bond motifs is 1. The van der Waals surface area contributed by atoms with Crippen molar-refractivity contribution in [2.75, 3.05) is 18.0 Å². The normalized spacial score (nSPS) is 11.1. The number of amides is 1. The molecule has 0 atom stereocenters. The molecule has 0 radical (unpaired) electrons. The Morgan fingerprint density at radius 1 is 1.19 bits per heavy atom. The number of aromatic nitrogens is 4. The van der Waals surface area contributed by atoms with Crippen molar-refractivity contribution >= 4 is 46.1 Å². The van der Waals surface area contributed by atoms with Gasteiger partial charge in [-0.25, -0.2) is 19.1 Å². The SMILES string of the molecule is CCn1c(CNC(=O)c2nc(Cl)c(N)nc2N)[n+](CC)c2ccc(CNCC(=O)[O-])cc21. The summed E-state index contributed by atoms with van der Waals surface area (Å²) in [6.07, 6.45) is 0. The number of aryl methyl sites for hydroxylation is 2. The van der Waals surface area contributed by atoms with Crippen molar-refractivity contribution in [3.8, 4) is 0 Å². The summed E-state index contributed by atoms with van der Waals surface area (Å²) < 4.78 is 4.19. The van der Waals surface area contributed by atoms with Crippen molar-refractivity contribution < 1.29 is 19.3 Å². The van der Waals surface area contributed by atoms with Crippen LogP contribution in [0.25, 0.3) is 11.0 Å². The van der Waals surface area contributed by atoms with Gasteiger partial charge in [0.2, 0.25) is 0 Å². The number of nitrogens with zero attached hydrogens (tertiary/aromatic N) is 4. The fraction of sp³-hybridized carbons (Fsp3) is 0.350. The maximum Gasteiger partial charge on any atom is 0.277 e. The minimum atomic E-state index is -1.16. The van der Waals surface area contributed by atoms with Gasteiger partial charge in [0.1, 0.15) is 6.54 Å². The maximum atomic E-state index is 12.7. The molecule has 170 valence electrons. The molecule has 0 aliphatic carbocycles. The topological polar surface area (TPSA) is 168 Å². The number of hydrogen-bond donors (Lipinski definition) is 4. The highest BCUT2D eigenvalue weighted by Gasteiger charge is 2.25. The van der Waals surface area contributed by atoms with Crippen LogP contribution in [-0.4, -0.2) is 33.0 Å². The zero-order valence-electron chi connectivity index (χ0n) is 17.8. The summed E-state index contributed by atoms with van der Waals surface area (Å²) in [7, 11) is 0. The van der Waals surface area contributed by atoms with Crippen LogP contribution in [-0.2, 0) is 31.0 Å². The van der Waals surface area contributed by atoms with E-state index in [0.29, 0.717) is 19.6 Å². The molecule has 0 unspecified atom stereocenters. The van der Waals surface area contributed by atoms with Gasteiger partial charge in [0.25, 0.3) is 11.7 Å². The van der Waals surface area contributed by atoms with Crippen molar-refractivity contribution in [2.24, 2.45) is 0 Å². The molecule has 3 aromatic rings. The lowest BCUT2D eigenvalue weighted by molar-refractivity contribution is -0.676. The Hall–Kier alpha value is -3.44. The lowest BCUT2D eigenvalue weighted by atomic mass is 10.2. The molecule has 0 spiro atoms. The first-order valence-electron chi connectivity index (χ1n) is 10.1. The van der Waals surface area contributed by atoms with Crippen molar-refractivity contribution in [3.63, 3.8) is 0 Å². The van der Waals surface area contributed by atoms with Gasteiger partial charge in [-0.1, -0.05) is 17.7 Å². The molecule has 32 heavy (non-hydrogen) atoms. The molecule has 0 aliphatic heterocycles. The van der Waals surface area contributed by atoms with Crippen LogP contribution in [0.4, 0.5) is 11.6 Å². The molecule has 3 rings (SSSR count). The number of anilines is 2. The largest absolute Gasteiger partial charge is 0.549 e. The number of carbonyl (C=O) groups excluding carboxylic acids is 2. The highest BCUT2D eigenvalue weighted by molar-refractivity contribution is 6.31. The van der Waals surface area contributed by atoms with Crippen LogP contribution in [0.5, 0.6) is 0 Å². The third-order valence-corrected chi connectivity index (χ3v) is 5.28. The van der Waals surface area contributed by atoms with Gasteiger partial charge in [0, 0.05) is 13.1 Å². The molecule has 0 bridgehead atoms. The summed E-state index contributed by atoms with van der Waals surface area (Å²) in [6.45, 7) is 5.77. The quantitative estimate of drug-likeness (QED) is 0.305. The zero-order chi connectivity index (χ0) is 23.4. The number of benzene rings is 1. The van der Waals surface area contributed by atoms with Gasteiger partial charge in [-0.3, -0.25) is 4.79 Å². The van der Waals surface area contributed by atoms with Gasteiger partial charge in [-0.2, -0.15) is 0 Å². The first-order chi connectivity index (χ1) is 15.3. The molecular weight excluding hydrogens is 436 g/mol. The summed E-state index contributed by atoms with van der Waals surface area (Å²) in [5.41, 5.74) is 14.2. The number of carbonyl (C=O) groups is 2. The predicted molar refractivity (Wildman–Crippen MR) is 117 cm³/mol. The number of nitrogens with two attached hydrogens (primary N) is 2. The molecule has 0 fully saturated rings. The highest BCUT2D eigenvalue weighted by Crippen LogP contribution is 2.19. The highest BCUT2D eigenvalue weighted by atomic mass is 35.5. The monoisotopic (exact) mass is 460 g/mol. The smallest absolute Gasteiger partial charge is 0.277 e. The van der Waals surface area contributed by atoms with Gasteiger partial charge in [0.15, 0.2) is 33.5 Å². The first-order valence-corrected chi connectivity index (χ1v) is 10.5. The van der Waals surface area contributed by atoms with E-state index in [0.717, 1.165) is 22.4 Å². The van der Waals surface area contributed by atoms with Crippen LogP contribution in [0, 0.1) is 0 Å². The summed E-state index contributed by atoms with van der Waals surface area (Å²) in [6, 6.07) is 5.92. The van der Waals surface area contributed by atoms with E-state index in [9.17, 15) is 14.7 Å². The Morgan fingerprint density at radius 2 is 1.94 bits per heavy atom. The second kappa shape index (κ2) is 9.79. The van der Waals surface area contributed by atoms with Crippen molar-refractivity contribution in [3.05, 3.63) is 40.4 Å². The van der Waals surface area contributed by atoms with Gasteiger partial charge < -0.3 is 32.0 Å². The average Bonchev–Trinajstić information content (AvgIpc) is 3.06. The summed E-state index contributed by atoms with van der Waals surface area (Å²) in [4.78, 5) is 31.1. The van der Waals surface area contributed by atoms with E-state index in [1.165, 1.54) is 0 Å². The number of carboxylic acids is 1. The molecule has 1 amide bonds. The Kier molecular flexibility index (Phi) is 7.11. The molecule has 0 aliphatic rings. The molecule has 11 nitrogen and oxygen atoms in total. The fourth-order valence-corrected chi connectivity index (χ4v) is 3.73. The number of aliphatic carboxylic acids is 1. The van der Waals surface area contributed by atoms with Crippen molar-refractivity contribution in [1.82, 2.24) is 25.2 Å². The molecule has 0 saturated heterocycles. The van der Waals surface area contributed by atoms with Gasteiger partial charge in [0.05, 0.1) is 19.1 Å². The number of nitrogens with one attached hydrogen (secondary N) is 2. The van der Waals surface area contributed by atoms with Crippen molar-refractivity contribution in [1.29, 1.82) is 0 Å². The molecule has 2 aromatic heterocycles. The number of carboxylic acid groups (broad SMARTS) is 1. The van der Waals surface area contributed by atoms with Crippen LogP contribution in [0.2, 0.25) is 5.15 Å². The van der Waals surface area contributed by atoms with E-state index < -0.39 is 11.9 Å². The number of halogens is 1. The molecule has 6 N–H and O–H groups in total. The second-order valence-electron chi connectivity index (χ2n) is 7.02. The van der Waals surface area contributed by atoms with Gasteiger partial charge in [-0.15, -0.1) is 0 Å². The Morgan fingerprint density at radius 3 is 2.59 bits per heavy atom. The Balaban J connectivity index is 1.89. The fourth-order valence-electron chi connectivity index (χ4n) is 3.60. The van der Waals surface area contributed by atoms with Gasteiger partial charge >= 0.3 is 0 Å². The lowest BCUT2D eigenvalue weighted by Gasteiger charge is -2.08. The van der Waals surface area contributed by atoms with E-state index >= 15 is 0 Å². The maximum absolute atomic E-state index is 12.7. The summed E-state index contributed by atoms with van der Waals surface area (Å²) >= 11 is 5.88. The predicted octanol–water partition coefficient (Wildman–Crippen LogP) is -0.654. The molecule has 0 saturated carbocycles. The number of imidazole rings is 1. The van der Waals surface area contributed by atoms with Gasteiger partial charge in [-0.05, 0) is 31.5 Å². The third-order valence-electron chi connectivity index (χ3n) is 5.00. The van der Waals surface area contributed by atoms with E-state index in [1.807, 2.05) is 32.0 Å². The second-order valence-corrected chi connectivity index (χ2v) is 7.38. The molecule has 2 heterocycles. The summed E-state index contributed by atoms with van der Waals surface area (Å²) in [5.74, 6) is -0.929. The lowest BCUT2D eigenvalue weighted by Crippen LogP contribution is -2.40. The number of hydrogen-bond acceptors (Lipinski definition) is 8. The minimum absolute atomic E-state index is 0.0411. The average molecular weight is 461 g/mol. The molecule has 1 aromatic carbocycles.